The maximum atomic E-state index is 9.70. The van der Waals surface area contributed by atoms with Gasteiger partial charge in [-0.05, 0) is 6.92 Å². The third-order valence-corrected chi connectivity index (χ3v) is 2.38. The van der Waals surface area contributed by atoms with Crippen LogP contribution in [0.15, 0.2) is 6.20 Å². The Morgan fingerprint density at radius 1 is 1.31 bits per heavy atom. The summed E-state index contributed by atoms with van der Waals surface area (Å²) in [4.78, 5) is 3.81. The molecular weight excluding hydrogens is 214 g/mol. The number of aliphatic hydroxyl groups is 4. The van der Waals surface area contributed by atoms with Crippen LogP contribution in [-0.4, -0.2) is 43.2 Å². The molecule has 0 aliphatic carbocycles. The van der Waals surface area contributed by atoms with E-state index in [4.69, 9.17) is 10.2 Å². The zero-order valence-corrected chi connectivity index (χ0v) is 8.83. The number of hydrogen-bond donors (Lipinski definition) is 5. The molecular formula is C10H15NO5. The second-order valence-electron chi connectivity index (χ2n) is 3.48. The molecule has 0 aliphatic rings. The smallest absolute Gasteiger partial charge is 0.143 e. The molecule has 1 aromatic heterocycles. The second-order valence-corrected chi connectivity index (χ2v) is 3.48. The van der Waals surface area contributed by atoms with Crippen molar-refractivity contribution in [2.45, 2.75) is 25.7 Å². The van der Waals surface area contributed by atoms with E-state index in [0.29, 0.717) is 0 Å². The Kier molecular flexibility index (Phi) is 4.19. The van der Waals surface area contributed by atoms with Gasteiger partial charge in [0.15, 0.2) is 0 Å². The van der Waals surface area contributed by atoms with Gasteiger partial charge in [-0.15, -0.1) is 0 Å². The summed E-state index contributed by atoms with van der Waals surface area (Å²) in [7, 11) is 0. The Bertz CT molecular complexity index is 368. The largest absolute Gasteiger partial charge is 0.506 e. The van der Waals surface area contributed by atoms with Gasteiger partial charge in [0, 0.05) is 17.3 Å². The lowest BCUT2D eigenvalue weighted by atomic mass is 9.99. The number of aryl methyl sites for hydroxylation is 1. The lowest BCUT2D eigenvalue weighted by Gasteiger charge is -2.20. The minimum absolute atomic E-state index is 0.00319. The molecule has 0 fully saturated rings. The zero-order chi connectivity index (χ0) is 12.3. The van der Waals surface area contributed by atoms with Crippen LogP contribution < -0.4 is 0 Å². The van der Waals surface area contributed by atoms with Crippen molar-refractivity contribution < 1.29 is 25.5 Å². The molecule has 5 N–H and O–H groups in total. The zero-order valence-electron chi connectivity index (χ0n) is 8.83. The number of aromatic nitrogens is 1. The predicted octanol–water partition coefficient (Wildman–Crippen LogP) is -1.03. The minimum Gasteiger partial charge on any atom is -0.506 e. The third-order valence-electron chi connectivity index (χ3n) is 2.38. The van der Waals surface area contributed by atoms with Gasteiger partial charge < -0.3 is 25.5 Å². The van der Waals surface area contributed by atoms with E-state index < -0.39 is 25.4 Å². The van der Waals surface area contributed by atoms with Gasteiger partial charge in [-0.25, -0.2) is 0 Å². The van der Waals surface area contributed by atoms with Crippen molar-refractivity contribution in [2.24, 2.45) is 0 Å². The quantitative estimate of drug-likeness (QED) is 0.451. The van der Waals surface area contributed by atoms with Gasteiger partial charge in [0.1, 0.15) is 18.0 Å². The summed E-state index contributed by atoms with van der Waals surface area (Å²) in [6.45, 7) is 0.455. The van der Waals surface area contributed by atoms with Crippen LogP contribution in [0.1, 0.15) is 22.9 Å². The number of nitrogens with zero attached hydrogens (tertiary/aromatic N) is 1. The molecule has 1 heterocycles. The van der Waals surface area contributed by atoms with Gasteiger partial charge in [0.2, 0.25) is 0 Å². The van der Waals surface area contributed by atoms with Crippen molar-refractivity contribution in [1.82, 2.24) is 4.98 Å². The van der Waals surface area contributed by atoms with E-state index >= 15 is 0 Å². The van der Waals surface area contributed by atoms with Gasteiger partial charge in [-0.2, -0.15) is 0 Å². The molecule has 90 valence electrons. The molecule has 0 saturated carbocycles. The summed E-state index contributed by atoms with van der Waals surface area (Å²) in [5.74, 6) is -0.286. The van der Waals surface area contributed by atoms with Gasteiger partial charge in [0.25, 0.3) is 0 Å². The molecule has 1 aromatic rings. The first-order valence-corrected chi connectivity index (χ1v) is 4.78. The van der Waals surface area contributed by atoms with Crippen LogP contribution in [0.2, 0.25) is 0 Å². The third kappa shape index (κ3) is 2.30. The van der Waals surface area contributed by atoms with Crippen LogP contribution in [0.5, 0.6) is 5.75 Å². The van der Waals surface area contributed by atoms with Crippen molar-refractivity contribution in [1.29, 1.82) is 0 Å². The molecule has 0 aromatic carbocycles. The fourth-order valence-corrected chi connectivity index (χ4v) is 1.40. The monoisotopic (exact) mass is 229 g/mol. The summed E-state index contributed by atoms with van der Waals surface area (Å²) in [5.41, 5.74) is 0.482. The summed E-state index contributed by atoms with van der Waals surface area (Å²) >= 11 is 0. The Labute approximate surface area is 92.4 Å². The standard InChI is InChI=1S/C10H15NO5/c1-5-9(15)8(6(3-12)2-11-5)10(16)7(14)4-13/h2,7,10,12-16H,3-4H2,1H3. The topological polar surface area (TPSA) is 114 Å². The summed E-state index contributed by atoms with van der Waals surface area (Å²) < 4.78 is 0. The molecule has 1 rings (SSSR count). The van der Waals surface area contributed by atoms with Crippen molar-refractivity contribution in [3.8, 4) is 5.75 Å². The molecule has 0 bridgehead atoms. The maximum absolute atomic E-state index is 9.70. The number of pyridine rings is 1. The first kappa shape index (κ1) is 12.9. The van der Waals surface area contributed by atoms with E-state index in [9.17, 15) is 15.3 Å². The average Bonchev–Trinajstić information content (AvgIpc) is 2.30. The van der Waals surface area contributed by atoms with E-state index in [1.165, 1.54) is 13.1 Å². The molecule has 2 atom stereocenters. The maximum Gasteiger partial charge on any atom is 0.143 e. The van der Waals surface area contributed by atoms with E-state index in [1.807, 2.05) is 0 Å². The van der Waals surface area contributed by atoms with Crippen molar-refractivity contribution in [3.63, 3.8) is 0 Å². The minimum atomic E-state index is -1.46. The fraction of sp³-hybridized carbons (Fsp3) is 0.500. The highest BCUT2D eigenvalue weighted by atomic mass is 16.4. The van der Waals surface area contributed by atoms with E-state index in [-0.39, 0.29) is 22.6 Å². The molecule has 0 spiro atoms. The van der Waals surface area contributed by atoms with Gasteiger partial charge in [-0.3, -0.25) is 4.98 Å². The van der Waals surface area contributed by atoms with Crippen molar-refractivity contribution in [2.75, 3.05) is 6.61 Å². The lowest BCUT2D eigenvalue weighted by Crippen LogP contribution is -2.23. The molecule has 0 aliphatic heterocycles. The number of aromatic hydroxyl groups is 1. The average molecular weight is 229 g/mol. The van der Waals surface area contributed by atoms with E-state index in [2.05, 4.69) is 4.98 Å². The summed E-state index contributed by atoms with van der Waals surface area (Å²) in [6.07, 6.45) is -1.58. The van der Waals surface area contributed by atoms with Crippen LogP contribution in [0.3, 0.4) is 0 Å². The highest BCUT2D eigenvalue weighted by molar-refractivity contribution is 5.42. The molecule has 16 heavy (non-hydrogen) atoms. The Balaban J connectivity index is 3.23. The highest BCUT2D eigenvalue weighted by Gasteiger charge is 2.24. The molecule has 6 nitrogen and oxygen atoms in total. The molecule has 0 radical (unpaired) electrons. The second kappa shape index (κ2) is 5.22. The Morgan fingerprint density at radius 2 is 1.94 bits per heavy atom. The van der Waals surface area contributed by atoms with Crippen LogP contribution in [0.4, 0.5) is 0 Å². The summed E-state index contributed by atoms with van der Waals surface area (Å²) in [5, 5.41) is 46.4. The number of rotatable bonds is 4. The predicted molar refractivity (Wildman–Crippen MR) is 54.6 cm³/mol. The molecule has 2 unspecified atom stereocenters. The van der Waals surface area contributed by atoms with Crippen LogP contribution in [-0.2, 0) is 6.61 Å². The van der Waals surface area contributed by atoms with Crippen LogP contribution in [0, 0.1) is 6.92 Å². The lowest BCUT2D eigenvalue weighted by molar-refractivity contribution is -0.0171. The SMILES string of the molecule is Cc1ncc(CO)c(C(O)C(O)CO)c1O. The summed E-state index contributed by atoms with van der Waals surface area (Å²) in [6, 6.07) is 0. The number of aliphatic hydroxyl groups excluding tert-OH is 4. The van der Waals surface area contributed by atoms with E-state index in [0.717, 1.165) is 0 Å². The van der Waals surface area contributed by atoms with Gasteiger partial charge >= 0.3 is 0 Å². The van der Waals surface area contributed by atoms with Gasteiger partial charge in [0.05, 0.1) is 18.9 Å². The number of hydrogen-bond acceptors (Lipinski definition) is 6. The fourth-order valence-electron chi connectivity index (χ4n) is 1.40. The van der Waals surface area contributed by atoms with E-state index in [1.54, 1.807) is 0 Å². The highest BCUT2D eigenvalue weighted by Crippen LogP contribution is 2.31. The normalized spacial score (nSPS) is 14.8. The van der Waals surface area contributed by atoms with Crippen molar-refractivity contribution >= 4 is 0 Å². The molecule has 0 amide bonds. The molecule has 0 saturated heterocycles. The first-order chi connectivity index (χ1) is 7.52. The van der Waals surface area contributed by atoms with Crippen LogP contribution in [0.25, 0.3) is 0 Å². The molecule has 6 heteroatoms. The van der Waals surface area contributed by atoms with Gasteiger partial charge in [-0.1, -0.05) is 0 Å². The Hall–Kier alpha value is -1.21. The van der Waals surface area contributed by atoms with Crippen LogP contribution >= 0.6 is 0 Å². The van der Waals surface area contributed by atoms with Crippen molar-refractivity contribution in [3.05, 3.63) is 23.0 Å². The first-order valence-electron chi connectivity index (χ1n) is 4.78. The Morgan fingerprint density at radius 3 is 2.44 bits per heavy atom.